The molecule has 1 saturated carbocycles. The maximum atomic E-state index is 12.2. The molecule has 1 aliphatic carbocycles. The van der Waals surface area contributed by atoms with Crippen LogP contribution in [0, 0.1) is 5.92 Å². The largest absolute Gasteiger partial charge is 0.459 e. The Hall–Kier alpha value is -2.55. The summed E-state index contributed by atoms with van der Waals surface area (Å²) in [4.78, 5) is 12.2. The van der Waals surface area contributed by atoms with Gasteiger partial charge in [0.1, 0.15) is 17.4 Å². The minimum absolute atomic E-state index is 0.120. The van der Waals surface area contributed by atoms with Gasteiger partial charge in [-0.1, -0.05) is 48.5 Å². The number of hydrogen-bond donors (Lipinski definition) is 1. The van der Waals surface area contributed by atoms with Gasteiger partial charge in [0.2, 0.25) is 5.91 Å². The summed E-state index contributed by atoms with van der Waals surface area (Å²) in [6, 6.07) is 19.7. The molecule has 1 atom stereocenters. The van der Waals surface area contributed by atoms with Crippen LogP contribution in [0.15, 0.2) is 65.1 Å². The number of amides is 1. The number of carbonyl (C=O) groups excluding carboxylic acids is 1. The second-order valence-electron chi connectivity index (χ2n) is 5.81. The quantitative estimate of drug-likeness (QED) is 0.788. The van der Waals surface area contributed by atoms with Crippen molar-refractivity contribution in [2.24, 2.45) is 5.92 Å². The van der Waals surface area contributed by atoms with Gasteiger partial charge in [-0.05, 0) is 30.5 Å². The van der Waals surface area contributed by atoms with Crippen LogP contribution in [-0.2, 0) is 4.79 Å². The first-order valence-corrected chi connectivity index (χ1v) is 7.65. The first-order valence-electron chi connectivity index (χ1n) is 7.65. The van der Waals surface area contributed by atoms with Gasteiger partial charge in [0.25, 0.3) is 0 Å². The number of furan rings is 1. The first-order chi connectivity index (χ1) is 10.8. The predicted molar refractivity (Wildman–Crippen MR) is 85.4 cm³/mol. The molecule has 1 heterocycles. The van der Waals surface area contributed by atoms with Crippen molar-refractivity contribution in [3.8, 4) is 0 Å². The molecular weight excluding hydrogens is 274 g/mol. The lowest BCUT2D eigenvalue weighted by Gasteiger charge is -2.17. The third kappa shape index (κ3) is 2.50. The summed E-state index contributed by atoms with van der Waals surface area (Å²) in [6.07, 6.45) is 1.99. The number of rotatable bonds is 4. The van der Waals surface area contributed by atoms with E-state index in [2.05, 4.69) is 5.32 Å². The lowest BCUT2D eigenvalue weighted by molar-refractivity contribution is -0.122. The average Bonchev–Trinajstić information content (AvgIpc) is 3.32. The van der Waals surface area contributed by atoms with Crippen molar-refractivity contribution in [2.75, 3.05) is 0 Å². The van der Waals surface area contributed by atoms with Gasteiger partial charge in [0.05, 0.1) is 0 Å². The second-order valence-corrected chi connectivity index (χ2v) is 5.81. The molecule has 110 valence electrons. The Morgan fingerprint density at radius 3 is 2.50 bits per heavy atom. The minimum atomic E-state index is -0.235. The zero-order chi connectivity index (χ0) is 14.9. The van der Waals surface area contributed by atoms with Crippen molar-refractivity contribution in [2.45, 2.75) is 18.9 Å². The van der Waals surface area contributed by atoms with E-state index in [-0.39, 0.29) is 17.9 Å². The number of para-hydroxylation sites is 1. The normalized spacial score (nSPS) is 15.6. The van der Waals surface area contributed by atoms with Crippen LogP contribution in [0.1, 0.15) is 30.2 Å². The molecule has 0 unspecified atom stereocenters. The van der Waals surface area contributed by atoms with E-state index in [0.29, 0.717) is 0 Å². The number of fused-ring (bicyclic) bond motifs is 1. The van der Waals surface area contributed by atoms with E-state index in [0.717, 1.165) is 35.1 Å². The van der Waals surface area contributed by atoms with Crippen LogP contribution in [0.25, 0.3) is 11.0 Å². The van der Waals surface area contributed by atoms with Gasteiger partial charge in [-0.2, -0.15) is 0 Å². The molecule has 1 N–H and O–H groups in total. The van der Waals surface area contributed by atoms with Crippen LogP contribution in [0.4, 0.5) is 0 Å². The highest BCUT2D eigenvalue weighted by molar-refractivity contribution is 5.82. The van der Waals surface area contributed by atoms with Crippen molar-refractivity contribution in [3.05, 3.63) is 72.0 Å². The van der Waals surface area contributed by atoms with Crippen molar-refractivity contribution < 1.29 is 9.21 Å². The molecule has 3 aromatic rings. The summed E-state index contributed by atoms with van der Waals surface area (Å²) >= 11 is 0. The Morgan fingerprint density at radius 1 is 1.05 bits per heavy atom. The van der Waals surface area contributed by atoms with E-state index in [1.807, 2.05) is 60.7 Å². The smallest absolute Gasteiger partial charge is 0.223 e. The molecule has 0 bridgehead atoms. The van der Waals surface area contributed by atoms with Crippen molar-refractivity contribution in [3.63, 3.8) is 0 Å². The summed E-state index contributed by atoms with van der Waals surface area (Å²) in [5, 5.41) is 4.19. The molecule has 3 heteroatoms. The van der Waals surface area contributed by atoms with Crippen LogP contribution < -0.4 is 5.32 Å². The molecule has 1 fully saturated rings. The fraction of sp³-hybridized carbons (Fsp3) is 0.211. The molecule has 0 aliphatic heterocycles. The number of benzene rings is 2. The van der Waals surface area contributed by atoms with Gasteiger partial charge in [0, 0.05) is 11.3 Å². The molecule has 0 saturated heterocycles. The van der Waals surface area contributed by atoms with Crippen LogP contribution in [0.5, 0.6) is 0 Å². The lowest BCUT2D eigenvalue weighted by atomic mass is 10.0. The van der Waals surface area contributed by atoms with E-state index in [1.54, 1.807) is 0 Å². The van der Waals surface area contributed by atoms with E-state index in [9.17, 15) is 4.79 Å². The van der Waals surface area contributed by atoms with Crippen LogP contribution >= 0.6 is 0 Å². The Bertz CT molecular complexity index is 769. The van der Waals surface area contributed by atoms with Crippen molar-refractivity contribution >= 4 is 16.9 Å². The molecule has 4 rings (SSSR count). The summed E-state index contributed by atoms with van der Waals surface area (Å²) in [6.45, 7) is 0. The molecule has 1 aliphatic rings. The fourth-order valence-corrected chi connectivity index (χ4v) is 2.71. The highest BCUT2D eigenvalue weighted by atomic mass is 16.3. The van der Waals surface area contributed by atoms with Gasteiger partial charge < -0.3 is 9.73 Å². The highest BCUT2D eigenvalue weighted by Crippen LogP contribution is 2.32. The number of hydrogen-bond acceptors (Lipinski definition) is 2. The summed E-state index contributed by atoms with van der Waals surface area (Å²) in [5.74, 6) is 1.08. The third-order valence-corrected chi connectivity index (χ3v) is 4.10. The van der Waals surface area contributed by atoms with Gasteiger partial charge in [0.15, 0.2) is 0 Å². The fourth-order valence-electron chi connectivity index (χ4n) is 2.71. The molecule has 22 heavy (non-hydrogen) atoms. The molecular formula is C19H17NO2. The van der Waals surface area contributed by atoms with E-state index in [1.165, 1.54) is 0 Å². The molecule has 2 aromatic carbocycles. The highest BCUT2D eigenvalue weighted by Gasteiger charge is 2.32. The Balaban J connectivity index is 1.73. The van der Waals surface area contributed by atoms with Gasteiger partial charge >= 0.3 is 0 Å². The van der Waals surface area contributed by atoms with Crippen LogP contribution in [-0.4, -0.2) is 5.91 Å². The third-order valence-electron chi connectivity index (χ3n) is 4.10. The zero-order valence-corrected chi connectivity index (χ0v) is 12.2. The minimum Gasteiger partial charge on any atom is -0.459 e. The zero-order valence-electron chi connectivity index (χ0n) is 12.2. The molecule has 1 aromatic heterocycles. The van der Waals surface area contributed by atoms with Gasteiger partial charge in [-0.15, -0.1) is 0 Å². The monoisotopic (exact) mass is 291 g/mol. The summed E-state index contributed by atoms with van der Waals surface area (Å²) in [7, 11) is 0. The van der Waals surface area contributed by atoms with Crippen molar-refractivity contribution in [1.82, 2.24) is 5.32 Å². The number of carbonyl (C=O) groups is 1. The van der Waals surface area contributed by atoms with Crippen molar-refractivity contribution in [1.29, 1.82) is 0 Å². The second kappa shape index (κ2) is 5.34. The first kappa shape index (κ1) is 13.1. The lowest BCUT2D eigenvalue weighted by Crippen LogP contribution is -2.30. The SMILES string of the molecule is O=C(N[C@@H](c1ccccc1)c1cc2ccccc2o1)C1CC1. The van der Waals surface area contributed by atoms with E-state index < -0.39 is 0 Å². The summed E-state index contributed by atoms with van der Waals surface area (Å²) < 4.78 is 5.97. The number of nitrogens with one attached hydrogen (secondary N) is 1. The maximum Gasteiger partial charge on any atom is 0.223 e. The van der Waals surface area contributed by atoms with Crippen LogP contribution in [0.2, 0.25) is 0 Å². The Labute approximate surface area is 128 Å². The molecule has 1 amide bonds. The molecule has 3 nitrogen and oxygen atoms in total. The standard InChI is InChI=1S/C19H17NO2/c21-19(14-10-11-14)20-18(13-6-2-1-3-7-13)17-12-15-8-4-5-9-16(15)22-17/h1-9,12,14,18H,10-11H2,(H,20,21)/t18-/m0/s1. The topological polar surface area (TPSA) is 42.2 Å². The van der Waals surface area contributed by atoms with Crippen LogP contribution in [0.3, 0.4) is 0 Å². The summed E-state index contributed by atoms with van der Waals surface area (Å²) in [5.41, 5.74) is 1.88. The van der Waals surface area contributed by atoms with E-state index >= 15 is 0 Å². The average molecular weight is 291 g/mol. The Morgan fingerprint density at radius 2 is 1.77 bits per heavy atom. The molecule has 0 spiro atoms. The Kier molecular flexibility index (Phi) is 3.19. The van der Waals surface area contributed by atoms with Gasteiger partial charge in [-0.3, -0.25) is 4.79 Å². The van der Waals surface area contributed by atoms with E-state index in [4.69, 9.17) is 4.42 Å². The predicted octanol–water partition coefficient (Wildman–Crippen LogP) is 4.05. The maximum absolute atomic E-state index is 12.2. The molecule has 0 radical (unpaired) electrons. The van der Waals surface area contributed by atoms with Gasteiger partial charge in [-0.25, -0.2) is 0 Å².